The summed E-state index contributed by atoms with van der Waals surface area (Å²) in [6.45, 7) is 0. The second-order valence-electron chi connectivity index (χ2n) is 6.41. The van der Waals surface area contributed by atoms with Crippen LogP contribution >= 0.6 is 11.6 Å². The van der Waals surface area contributed by atoms with Crippen molar-refractivity contribution in [1.29, 1.82) is 0 Å². The van der Waals surface area contributed by atoms with Crippen LogP contribution in [0, 0.1) is 5.92 Å². The maximum Gasteiger partial charge on any atom is 0.269 e. The van der Waals surface area contributed by atoms with Gasteiger partial charge in [0.15, 0.2) is 0 Å². The Labute approximate surface area is 152 Å². The van der Waals surface area contributed by atoms with E-state index in [-0.39, 0.29) is 17.7 Å². The molecule has 130 valence electrons. The summed E-state index contributed by atoms with van der Waals surface area (Å²) < 4.78 is 0. The average Bonchev–Trinajstić information content (AvgIpc) is 2.67. The molecule has 2 amide bonds. The largest absolute Gasteiger partial charge is 0.273 e. The fourth-order valence-corrected chi connectivity index (χ4v) is 3.43. The van der Waals surface area contributed by atoms with Crippen LogP contribution in [0.25, 0.3) is 0 Å². The van der Waals surface area contributed by atoms with E-state index in [0.717, 1.165) is 25.7 Å². The van der Waals surface area contributed by atoms with Crippen LogP contribution in [-0.2, 0) is 4.79 Å². The van der Waals surface area contributed by atoms with E-state index in [2.05, 4.69) is 35.1 Å². The predicted molar refractivity (Wildman–Crippen MR) is 98.2 cm³/mol. The Morgan fingerprint density at radius 1 is 0.840 bits per heavy atom. The van der Waals surface area contributed by atoms with Gasteiger partial charge in [0, 0.05) is 16.5 Å². The number of carbonyl (C=O) groups excluding carboxylic acids is 2. The molecular weight excluding hydrogens is 336 g/mol. The quantitative estimate of drug-likeness (QED) is 0.814. The number of benzene rings is 2. The van der Waals surface area contributed by atoms with Gasteiger partial charge in [-0.3, -0.25) is 20.4 Å². The number of rotatable bonds is 3. The monoisotopic (exact) mass is 356 g/mol. The molecule has 3 rings (SSSR count). The van der Waals surface area contributed by atoms with Gasteiger partial charge in [0.25, 0.3) is 5.91 Å². The van der Waals surface area contributed by atoms with Crippen LogP contribution in [-0.4, -0.2) is 11.8 Å². The first-order valence-electron chi connectivity index (χ1n) is 8.54. The highest BCUT2D eigenvalue weighted by Crippen LogP contribution is 2.35. The zero-order valence-corrected chi connectivity index (χ0v) is 14.6. The van der Waals surface area contributed by atoms with Gasteiger partial charge in [-0.05, 0) is 61.4 Å². The van der Waals surface area contributed by atoms with Crippen molar-refractivity contribution >= 4 is 23.4 Å². The minimum atomic E-state index is -0.344. The van der Waals surface area contributed by atoms with Crippen LogP contribution < -0.4 is 10.9 Å². The third-order valence-electron chi connectivity index (χ3n) is 4.77. The molecule has 1 saturated carbocycles. The molecule has 0 unspecified atom stereocenters. The van der Waals surface area contributed by atoms with Gasteiger partial charge in [-0.1, -0.05) is 41.9 Å². The van der Waals surface area contributed by atoms with Gasteiger partial charge >= 0.3 is 0 Å². The molecule has 5 heteroatoms. The Hall–Kier alpha value is -2.33. The summed E-state index contributed by atoms with van der Waals surface area (Å²) in [4.78, 5) is 24.3. The number of carbonyl (C=O) groups is 2. The molecule has 0 atom stereocenters. The highest BCUT2D eigenvalue weighted by Gasteiger charge is 2.27. The lowest BCUT2D eigenvalue weighted by Gasteiger charge is -2.28. The highest BCUT2D eigenvalue weighted by molar-refractivity contribution is 6.30. The van der Waals surface area contributed by atoms with Gasteiger partial charge < -0.3 is 0 Å². The lowest BCUT2D eigenvalue weighted by atomic mass is 9.78. The van der Waals surface area contributed by atoms with Crippen molar-refractivity contribution in [3.05, 3.63) is 70.7 Å². The molecule has 0 aromatic heterocycles. The summed E-state index contributed by atoms with van der Waals surface area (Å²) in [6.07, 6.45) is 3.66. The summed E-state index contributed by atoms with van der Waals surface area (Å²) >= 11 is 5.80. The fourth-order valence-electron chi connectivity index (χ4n) is 3.31. The normalized spacial score (nSPS) is 19.9. The first-order chi connectivity index (χ1) is 12.1. The van der Waals surface area contributed by atoms with Crippen LogP contribution in [0.3, 0.4) is 0 Å². The summed E-state index contributed by atoms with van der Waals surface area (Å²) in [5.41, 5.74) is 6.83. The maximum atomic E-state index is 12.3. The minimum absolute atomic E-state index is 0.0505. The van der Waals surface area contributed by atoms with Crippen molar-refractivity contribution in [2.75, 3.05) is 0 Å². The zero-order chi connectivity index (χ0) is 17.6. The standard InChI is InChI=1S/C20H21ClN2O2/c21-18-12-10-17(11-13-18)20(25)23-22-19(24)16-8-6-15(7-9-16)14-4-2-1-3-5-14/h1-5,10-13,15-16H,6-9H2,(H,22,24)(H,23,25). The van der Waals surface area contributed by atoms with Crippen molar-refractivity contribution < 1.29 is 9.59 Å². The Kier molecular flexibility index (Phi) is 5.71. The molecular formula is C20H21ClN2O2. The molecule has 0 radical (unpaired) electrons. The van der Waals surface area contributed by atoms with Crippen molar-refractivity contribution in [1.82, 2.24) is 10.9 Å². The van der Waals surface area contributed by atoms with E-state index in [9.17, 15) is 9.59 Å². The van der Waals surface area contributed by atoms with E-state index in [1.807, 2.05) is 6.07 Å². The number of amides is 2. The van der Waals surface area contributed by atoms with E-state index < -0.39 is 0 Å². The van der Waals surface area contributed by atoms with Gasteiger partial charge in [-0.25, -0.2) is 0 Å². The van der Waals surface area contributed by atoms with E-state index in [0.29, 0.717) is 16.5 Å². The number of hydrogen-bond acceptors (Lipinski definition) is 2. The molecule has 25 heavy (non-hydrogen) atoms. The molecule has 4 nitrogen and oxygen atoms in total. The summed E-state index contributed by atoms with van der Waals surface area (Å²) in [7, 11) is 0. The highest BCUT2D eigenvalue weighted by atomic mass is 35.5. The number of halogens is 1. The second kappa shape index (κ2) is 8.17. The van der Waals surface area contributed by atoms with Gasteiger partial charge in [0.2, 0.25) is 5.91 Å². The molecule has 1 aliphatic carbocycles. The number of hydrazine groups is 1. The van der Waals surface area contributed by atoms with Crippen molar-refractivity contribution in [3.8, 4) is 0 Å². The van der Waals surface area contributed by atoms with E-state index >= 15 is 0 Å². The average molecular weight is 357 g/mol. The summed E-state index contributed by atoms with van der Waals surface area (Å²) in [6, 6.07) is 17.0. The predicted octanol–water partition coefficient (Wildman–Crippen LogP) is 4.08. The lowest BCUT2D eigenvalue weighted by molar-refractivity contribution is -0.126. The zero-order valence-electron chi connectivity index (χ0n) is 13.9. The van der Waals surface area contributed by atoms with Gasteiger partial charge in [0.05, 0.1) is 0 Å². The van der Waals surface area contributed by atoms with Crippen LogP contribution in [0.15, 0.2) is 54.6 Å². The molecule has 0 saturated heterocycles. The lowest BCUT2D eigenvalue weighted by Crippen LogP contribution is -2.45. The molecule has 1 fully saturated rings. The summed E-state index contributed by atoms with van der Waals surface area (Å²) in [5, 5.41) is 0.566. The third-order valence-corrected chi connectivity index (χ3v) is 5.03. The van der Waals surface area contributed by atoms with E-state index in [1.54, 1.807) is 24.3 Å². The Morgan fingerprint density at radius 2 is 1.48 bits per heavy atom. The van der Waals surface area contributed by atoms with Crippen molar-refractivity contribution in [3.63, 3.8) is 0 Å². The molecule has 0 spiro atoms. The Balaban J connectivity index is 1.46. The smallest absolute Gasteiger partial charge is 0.269 e. The molecule has 2 aromatic carbocycles. The molecule has 0 bridgehead atoms. The Bertz CT molecular complexity index is 723. The first kappa shape index (κ1) is 17.5. The van der Waals surface area contributed by atoms with Gasteiger partial charge in [-0.2, -0.15) is 0 Å². The van der Waals surface area contributed by atoms with Crippen LogP contribution in [0.2, 0.25) is 5.02 Å². The van der Waals surface area contributed by atoms with Crippen LogP contribution in [0.4, 0.5) is 0 Å². The van der Waals surface area contributed by atoms with Crippen LogP contribution in [0.5, 0.6) is 0 Å². The molecule has 0 aliphatic heterocycles. The first-order valence-corrected chi connectivity index (χ1v) is 8.92. The molecule has 2 aromatic rings. The van der Waals surface area contributed by atoms with Gasteiger partial charge in [0.1, 0.15) is 0 Å². The number of nitrogens with one attached hydrogen (secondary N) is 2. The fraction of sp³-hybridized carbons (Fsp3) is 0.300. The molecule has 2 N–H and O–H groups in total. The summed E-state index contributed by atoms with van der Waals surface area (Å²) in [5.74, 6) is 0.0104. The number of hydrogen-bond donors (Lipinski definition) is 2. The second-order valence-corrected chi connectivity index (χ2v) is 6.85. The van der Waals surface area contributed by atoms with E-state index in [1.165, 1.54) is 5.56 Å². The minimum Gasteiger partial charge on any atom is -0.273 e. The third kappa shape index (κ3) is 4.60. The molecule has 0 heterocycles. The molecule has 1 aliphatic rings. The van der Waals surface area contributed by atoms with Crippen molar-refractivity contribution in [2.45, 2.75) is 31.6 Å². The van der Waals surface area contributed by atoms with E-state index in [4.69, 9.17) is 11.6 Å². The topological polar surface area (TPSA) is 58.2 Å². The van der Waals surface area contributed by atoms with Crippen LogP contribution in [0.1, 0.15) is 47.5 Å². The van der Waals surface area contributed by atoms with Crippen molar-refractivity contribution in [2.24, 2.45) is 5.92 Å². The van der Waals surface area contributed by atoms with Gasteiger partial charge in [-0.15, -0.1) is 0 Å². The maximum absolute atomic E-state index is 12.3. The SMILES string of the molecule is O=C(NNC(=O)C1CCC(c2ccccc2)CC1)c1ccc(Cl)cc1. The Morgan fingerprint density at radius 3 is 2.12 bits per heavy atom.